The Morgan fingerprint density at radius 1 is 1.11 bits per heavy atom. The number of carboxylic acid groups (broad SMARTS) is 1. The number of imide groups is 1. The van der Waals surface area contributed by atoms with Gasteiger partial charge in [0.05, 0.1) is 60.5 Å². The molecule has 0 aliphatic carbocycles. The average Bonchev–Trinajstić information content (AvgIpc) is 3.71. The third-order valence-electron chi connectivity index (χ3n) is 8.25. The zero-order valence-corrected chi connectivity index (χ0v) is 25.8. The average molecular weight is 636 g/mol. The topological polar surface area (TPSA) is 141 Å². The number of thioether (sulfide) groups is 1. The molecule has 0 radical (unpaired) electrons. The van der Waals surface area contributed by atoms with E-state index in [1.165, 1.54) is 49.5 Å². The maximum absolute atomic E-state index is 14.6. The van der Waals surface area contributed by atoms with Crippen molar-refractivity contribution in [2.75, 3.05) is 38.9 Å². The summed E-state index contributed by atoms with van der Waals surface area (Å²) in [6.45, 7) is 3.07. The molecule has 236 valence electrons. The zero-order valence-electron chi connectivity index (χ0n) is 25.0. The summed E-state index contributed by atoms with van der Waals surface area (Å²) >= 11 is 1.35. The summed E-state index contributed by atoms with van der Waals surface area (Å²) in [5.41, 5.74) is 1.58. The molecule has 45 heavy (non-hydrogen) atoms. The molecular formula is C32H33N3O9S. The number of oxazole rings is 1. The first kappa shape index (κ1) is 30.7. The summed E-state index contributed by atoms with van der Waals surface area (Å²) in [6, 6.07) is 11.0. The number of urea groups is 1. The van der Waals surface area contributed by atoms with Crippen LogP contribution in [0.4, 0.5) is 10.5 Å². The van der Waals surface area contributed by atoms with Crippen LogP contribution in [0, 0.1) is 5.92 Å². The molecule has 0 spiro atoms. The van der Waals surface area contributed by atoms with Gasteiger partial charge in [-0.2, -0.15) is 0 Å². The van der Waals surface area contributed by atoms with E-state index >= 15 is 0 Å². The number of ether oxygens (including phenoxy) is 4. The van der Waals surface area contributed by atoms with Gasteiger partial charge in [-0.05, 0) is 49.6 Å². The minimum absolute atomic E-state index is 0.0398. The van der Waals surface area contributed by atoms with Gasteiger partial charge in [0.25, 0.3) is 0 Å². The third-order valence-corrected chi connectivity index (χ3v) is 9.75. The van der Waals surface area contributed by atoms with Crippen molar-refractivity contribution in [1.29, 1.82) is 0 Å². The van der Waals surface area contributed by atoms with Crippen LogP contribution in [0.25, 0.3) is 4.91 Å². The normalized spacial score (nSPS) is 21.2. The maximum Gasteiger partial charge on any atom is 0.335 e. The fourth-order valence-corrected chi connectivity index (χ4v) is 7.50. The number of nitrogens with zero attached hydrogens (tertiary/aromatic N) is 3. The number of anilines is 1. The van der Waals surface area contributed by atoms with Crippen LogP contribution in [-0.2, 0) is 14.3 Å². The van der Waals surface area contributed by atoms with Gasteiger partial charge in [0.15, 0.2) is 0 Å². The molecule has 4 heterocycles. The number of benzene rings is 2. The Balaban J connectivity index is 1.44. The van der Waals surface area contributed by atoms with E-state index in [1.54, 1.807) is 12.0 Å². The minimum atomic E-state index is -1.16. The van der Waals surface area contributed by atoms with Gasteiger partial charge in [0.2, 0.25) is 11.8 Å². The highest BCUT2D eigenvalue weighted by molar-refractivity contribution is 8.09. The second-order valence-corrected chi connectivity index (χ2v) is 11.9. The first-order valence-electron chi connectivity index (χ1n) is 14.5. The number of fused-ring (bicyclic) bond motifs is 1. The Hall–Kier alpha value is -4.33. The monoisotopic (exact) mass is 635 g/mol. The van der Waals surface area contributed by atoms with Crippen LogP contribution in [0.3, 0.4) is 0 Å². The molecule has 3 aliphatic heterocycles. The number of methoxy groups -OCH3 is 2. The van der Waals surface area contributed by atoms with Crippen LogP contribution in [-0.4, -0.2) is 78.4 Å². The van der Waals surface area contributed by atoms with Gasteiger partial charge in [-0.15, -0.1) is 0 Å². The van der Waals surface area contributed by atoms with Crippen molar-refractivity contribution in [3.05, 3.63) is 77.5 Å². The zero-order chi connectivity index (χ0) is 31.7. The molecule has 13 heteroatoms. The Morgan fingerprint density at radius 3 is 2.56 bits per heavy atom. The van der Waals surface area contributed by atoms with E-state index < -0.39 is 35.3 Å². The number of carboxylic acids is 1. The predicted octanol–water partition coefficient (Wildman–Crippen LogP) is 5.22. The van der Waals surface area contributed by atoms with E-state index in [4.69, 9.17) is 23.4 Å². The fraction of sp³-hybridized carbons (Fsp3) is 0.375. The van der Waals surface area contributed by atoms with Gasteiger partial charge < -0.3 is 33.4 Å². The van der Waals surface area contributed by atoms with E-state index in [1.807, 2.05) is 31.2 Å². The first-order chi connectivity index (χ1) is 21.8. The molecule has 3 atom stereocenters. The summed E-state index contributed by atoms with van der Waals surface area (Å²) in [7, 11) is 2.95. The molecule has 2 saturated heterocycles. The van der Waals surface area contributed by atoms with Crippen LogP contribution < -0.4 is 14.4 Å². The molecule has 1 N–H and O–H groups in total. The maximum atomic E-state index is 14.6. The van der Waals surface area contributed by atoms with Gasteiger partial charge in [-0.1, -0.05) is 30.0 Å². The van der Waals surface area contributed by atoms with Crippen molar-refractivity contribution in [2.24, 2.45) is 5.92 Å². The highest BCUT2D eigenvalue weighted by atomic mass is 32.2. The van der Waals surface area contributed by atoms with Crippen LogP contribution in [0.15, 0.2) is 64.9 Å². The number of aromatic carboxylic acids is 1. The lowest BCUT2D eigenvalue weighted by atomic mass is 9.94. The van der Waals surface area contributed by atoms with Crippen LogP contribution in [0.1, 0.15) is 47.7 Å². The van der Waals surface area contributed by atoms with Crippen molar-refractivity contribution in [2.45, 2.75) is 37.3 Å². The summed E-state index contributed by atoms with van der Waals surface area (Å²) < 4.78 is 29.1. The van der Waals surface area contributed by atoms with Crippen LogP contribution in [0.2, 0.25) is 0 Å². The van der Waals surface area contributed by atoms with Crippen molar-refractivity contribution in [3.63, 3.8) is 0 Å². The Kier molecular flexibility index (Phi) is 8.83. The van der Waals surface area contributed by atoms with Gasteiger partial charge >= 0.3 is 12.0 Å². The molecule has 3 unspecified atom stereocenters. The van der Waals surface area contributed by atoms with Crippen molar-refractivity contribution in [3.8, 4) is 11.5 Å². The fourth-order valence-electron chi connectivity index (χ4n) is 5.98. The molecule has 1 aromatic heterocycles. The molecular weight excluding hydrogens is 602 g/mol. The number of rotatable bonds is 10. The Labute approximate surface area is 263 Å². The Morgan fingerprint density at radius 2 is 1.87 bits per heavy atom. The molecule has 0 bridgehead atoms. The minimum Gasteiger partial charge on any atom is -0.496 e. The standard InChI is InChI=1S/C32H33N3O9S/c1-18-26-29(36)35(22-9-8-19(31(37)38)16-24(22)41-3)32(39)34(30(26)45-27(18)28-33-12-15-43-28)17-25(44-20-10-13-42-14-11-20)21-6-4-5-7-23(21)40-2/h4-9,12,15-16,20,25-26,30H,10-11,13-14,17H2,1-3H3,(H,37,38). The van der Waals surface area contributed by atoms with E-state index in [2.05, 4.69) is 4.98 Å². The van der Waals surface area contributed by atoms with Gasteiger partial charge in [-0.3, -0.25) is 4.79 Å². The number of carbonyl (C=O) groups excluding carboxylic acids is 2. The van der Waals surface area contributed by atoms with E-state index in [0.717, 1.165) is 10.5 Å². The summed E-state index contributed by atoms with van der Waals surface area (Å²) in [5.74, 6) is -1.32. The van der Waals surface area contributed by atoms with Gasteiger partial charge in [0.1, 0.15) is 23.9 Å². The lowest BCUT2D eigenvalue weighted by Gasteiger charge is -2.43. The van der Waals surface area contributed by atoms with Crippen molar-refractivity contribution in [1.82, 2.24) is 9.88 Å². The highest BCUT2D eigenvalue weighted by Gasteiger charge is 2.54. The quantitative estimate of drug-likeness (QED) is 0.314. The smallest absolute Gasteiger partial charge is 0.335 e. The van der Waals surface area contributed by atoms with E-state index in [-0.39, 0.29) is 29.6 Å². The summed E-state index contributed by atoms with van der Waals surface area (Å²) in [4.78, 5) is 48.2. The first-order valence-corrected chi connectivity index (χ1v) is 15.4. The van der Waals surface area contributed by atoms with Gasteiger partial charge in [0, 0.05) is 18.8 Å². The van der Waals surface area contributed by atoms with Gasteiger partial charge in [-0.25, -0.2) is 19.5 Å². The molecule has 2 fully saturated rings. The number of amides is 3. The SMILES string of the molecule is COc1ccccc1C(CN1C(=O)N(c2ccc(C(=O)O)cc2OC)C(=O)C2C(C)=C(c3ncco3)SC21)OC1CCOCC1. The molecule has 3 aliphatic rings. The number of carbonyl (C=O) groups is 3. The summed E-state index contributed by atoms with van der Waals surface area (Å²) in [6.07, 6.45) is 3.68. The number of hydrogen-bond donors (Lipinski definition) is 1. The molecule has 0 saturated carbocycles. The van der Waals surface area contributed by atoms with Crippen LogP contribution in [0.5, 0.6) is 11.5 Å². The molecule has 3 aromatic rings. The third kappa shape index (κ3) is 5.78. The lowest BCUT2D eigenvalue weighted by Crippen LogP contribution is -2.61. The number of hydrogen-bond acceptors (Lipinski definition) is 10. The second kappa shape index (κ2) is 13.0. The van der Waals surface area contributed by atoms with E-state index in [0.29, 0.717) is 48.2 Å². The van der Waals surface area contributed by atoms with Crippen molar-refractivity contribution < 1.29 is 42.9 Å². The highest BCUT2D eigenvalue weighted by Crippen LogP contribution is 2.52. The number of aromatic nitrogens is 1. The predicted molar refractivity (Wildman–Crippen MR) is 164 cm³/mol. The number of para-hydroxylation sites is 1. The Bertz CT molecular complexity index is 1620. The molecule has 2 aromatic carbocycles. The van der Waals surface area contributed by atoms with Crippen molar-refractivity contribution >= 4 is 40.3 Å². The summed E-state index contributed by atoms with van der Waals surface area (Å²) in [5, 5.41) is 8.93. The molecule has 3 amide bonds. The lowest BCUT2D eigenvalue weighted by molar-refractivity contribution is -0.123. The molecule has 6 rings (SSSR count). The second-order valence-electron chi connectivity index (χ2n) is 10.8. The van der Waals surface area contributed by atoms with Crippen LogP contribution >= 0.6 is 11.8 Å². The largest absolute Gasteiger partial charge is 0.496 e. The molecule has 12 nitrogen and oxygen atoms in total. The van der Waals surface area contributed by atoms with E-state index in [9.17, 15) is 19.5 Å².